The summed E-state index contributed by atoms with van der Waals surface area (Å²) in [5, 5.41) is 10.5. The molecule has 2 aromatic rings. The van der Waals surface area contributed by atoms with E-state index in [0.717, 1.165) is 5.69 Å². The van der Waals surface area contributed by atoms with Gasteiger partial charge in [-0.15, -0.1) is 0 Å². The van der Waals surface area contributed by atoms with Crippen molar-refractivity contribution in [2.45, 2.75) is 6.92 Å². The largest absolute Gasteiger partial charge is 0.364 e. The first-order valence-corrected chi connectivity index (χ1v) is 5.53. The van der Waals surface area contributed by atoms with Crippen LogP contribution in [0.4, 0.5) is 5.69 Å². The highest BCUT2D eigenvalue weighted by Crippen LogP contribution is 2.15. The molecule has 0 aromatic carbocycles. The zero-order chi connectivity index (χ0) is 14.2. The maximum atomic E-state index is 12.1. The molecule has 19 heavy (non-hydrogen) atoms. The Morgan fingerprint density at radius 3 is 2.37 bits per heavy atom. The third kappa shape index (κ3) is 2.19. The Hall–Kier alpha value is -2.64. The summed E-state index contributed by atoms with van der Waals surface area (Å²) in [6.45, 7) is 1.78. The van der Waals surface area contributed by atoms with E-state index in [1.807, 2.05) is 0 Å². The Morgan fingerprint density at radius 2 is 1.84 bits per heavy atom. The number of amides is 2. The number of carbonyl (C=O) groups is 2. The fraction of sp³-hybridized carbons (Fsp3) is 0.273. The highest BCUT2D eigenvalue weighted by atomic mass is 16.2. The summed E-state index contributed by atoms with van der Waals surface area (Å²) in [7, 11) is 3.32. The molecule has 8 heteroatoms. The molecular weight excluding hydrogens is 248 g/mol. The summed E-state index contributed by atoms with van der Waals surface area (Å²) in [6.07, 6.45) is 2.84. The van der Waals surface area contributed by atoms with Crippen molar-refractivity contribution in [3.05, 3.63) is 29.3 Å². The molecule has 0 aliphatic heterocycles. The maximum Gasteiger partial charge on any atom is 0.269 e. The highest BCUT2D eigenvalue weighted by Gasteiger charge is 2.19. The first-order chi connectivity index (χ1) is 8.91. The van der Waals surface area contributed by atoms with Gasteiger partial charge in [0.1, 0.15) is 5.69 Å². The Bertz CT molecular complexity index is 654. The van der Waals surface area contributed by atoms with Gasteiger partial charge in [-0.1, -0.05) is 0 Å². The van der Waals surface area contributed by atoms with Gasteiger partial charge in [-0.05, 0) is 6.92 Å². The van der Waals surface area contributed by atoms with Crippen molar-refractivity contribution >= 4 is 17.5 Å². The minimum Gasteiger partial charge on any atom is -0.364 e. The molecule has 0 fully saturated rings. The van der Waals surface area contributed by atoms with Gasteiger partial charge in [0.15, 0.2) is 0 Å². The molecule has 0 saturated carbocycles. The Balaban J connectivity index is 2.30. The van der Waals surface area contributed by atoms with Crippen LogP contribution in [0.2, 0.25) is 0 Å². The molecule has 0 aliphatic rings. The molecule has 0 unspecified atom stereocenters. The van der Waals surface area contributed by atoms with Crippen molar-refractivity contribution in [3.8, 4) is 0 Å². The summed E-state index contributed by atoms with van der Waals surface area (Å²) < 4.78 is 2.90. The van der Waals surface area contributed by atoms with Crippen LogP contribution in [0.25, 0.3) is 0 Å². The molecule has 3 N–H and O–H groups in total. The first kappa shape index (κ1) is 12.8. The molecule has 0 radical (unpaired) electrons. The van der Waals surface area contributed by atoms with Crippen LogP contribution in [0.1, 0.15) is 26.5 Å². The van der Waals surface area contributed by atoms with Crippen molar-refractivity contribution < 1.29 is 9.59 Å². The zero-order valence-corrected chi connectivity index (χ0v) is 10.8. The lowest BCUT2D eigenvalue weighted by molar-refractivity contribution is 0.0992. The van der Waals surface area contributed by atoms with Gasteiger partial charge in [-0.25, -0.2) is 0 Å². The molecule has 100 valence electrons. The number of rotatable bonds is 3. The highest BCUT2D eigenvalue weighted by molar-refractivity contribution is 6.08. The molecule has 0 bridgehead atoms. The van der Waals surface area contributed by atoms with E-state index in [9.17, 15) is 9.59 Å². The van der Waals surface area contributed by atoms with Gasteiger partial charge < -0.3 is 11.1 Å². The topological polar surface area (TPSA) is 108 Å². The van der Waals surface area contributed by atoms with Crippen molar-refractivity contribution in [2.24, 2.45) is 19.8 Å². The molecule has 0 atom stereocenters. The van der Waals surface area contributed by atoms with Gasteiger partial charge in [0.25, 0.3) is 11.8 Å². The van der Waals surface area contributed by atoms with Crippen molar-refractivity contribution in [3.63, 3.8) is 0 Å². The second-order valence-electron chi connectivity index (χ2n) is 4.12. The number of aryl methyl sites for hydroxylation is 2. The maximum absolute atomic E-state index is 12.1. The van der Waals surface area contributed by atoms with Crippen LogP contribution in [0.15, 0.2) is 12.4 Å². The summed E-state index contributed by atoms with van der Waals surface area (Å²) in [5.74, 6) is -1.01. The number of hydrogen-bond donors (Lipinski definition) is 2. The smallest absolute Gasteiger partial charge is 0.269 e. The van der Waals surface area contributed by atoms with Crippen LogP contribution < -0.4 is 11.1 Å². The van der Waals surface area contributed by atoms with E-state index in [1.165, 1.54) is 17.1 Å². The van der Waals surface area contributed by atoms with Crippen molar-refractivity contribution in [1.82, 2.24) is 19.6 Å². The third-order valence-corrected chi connectivity index (χ3v) is 2.90. The Morgan fingerprint density at radius 1 is 1.21 bits per heavy atom. The third-order valence-electron chi connectivity index (χ3n) is 2.90. The lowest BCUT2D eigenvalue weighted by Gasteiger charge is -2.04. The van der Waals surface area contributed by atoms with Crippen LogP contribution in [0.3, 0.4) is 0 Å². The van der Waals surface area contributed by atoms with Crippen molar-refractivity contribution in [1.29, 1.82) is 0 Å². The number of nitrogens with one attached hydrogen (secondary N) is 1. The normalized spacial score (nSPS) is 10.5. The average molecular weight is 262 g/mol. The Kier molecular flexibility index (Phi) is 3.07. The molecule has 0 spiro atoms. The molecular formula is C11H14N6O2. The SMILES string of the molecule is Cc1c(C(=O)Nc2cnn(C)c2C(N)=O)cnn1C. The number of carbonyl (C=O) groups excluding carboxylic acids is 2. The monoisotopic (exact) mass is 262 g/mol. The molecule has 0 saturated heterocycles. The van der Waals surface area contributed by atoms with Gasteiger partial charge in [0.2, 0.25) is 0 Å². The van der Waals surface area contributed by atoms with E-state index in [0.29, 0.717) is 5.56 Å². The molecule has 2 amide bonds. The second kappa shape index (κ2) is 4.56. The van der Waals surface area contributed by atoms with Gasteiger partial charge >= 0.3 is 0 Å². The minimum atomic E-state index is -0.654. The Labute approximate surface area is 109 Å². The number of nitrogens with two attached hydrogens (primary N) is 1. The van der Waals surface area contributed by atoms with Gasteiger partial charge in [-0.3, -0.25) is 19.0 Å². The summed E-state index contributed by atoms with van der Waals surface area (Å²) in [6, 6.07) is 0. The fourth-order valence-electron chi connectivity index (χ4n) is 1.73. The van der Waals surface area contributed by atoms with Crippen LogP contribution in [-0.2, 0) is 14.1 Å². The standard InChI is InChI=1S/C11H14N6O2/c1-6-7(4-13-16(6)2)11(19)15-8-5-14-17(3)9(8)10(12)18/h4-5H,1-3H3,(H2,12,18)(H,15,19). The molecule has 8 nitrogen and oxygen atoms in total. The summed E-state index contributed by atoms with van der Waals surface area (Å²) in [5.41, 5.74) is 6.83. The van der Waals surface area contributed by atoms with E-state index in [4.69, 9.17) is 5.73 Å². The zero-order valence-electron chi connectivity index (χ0n) is 10.8. The minimum absolute atomic E-state index is 0.148. The van der Waals surface area contributed by atoms with E-state index >= 15 is 0 Å². The lowest BCUT2D eigenvalue weighted by atomic mass is 10.2. The fourth-order valence-corrected chi connectivity index (χ4v) is 1.73. The van der Waals surface area contributed by atoms with Gasteiger partial charge in [0.05, 0.1) is 23.6 Å². The number of aromatic nitrogens is 4. The number of primary amides is 1. The molecule has 2 rings (SSSR count). The van der Waals surface area contributed by atoms with Gasteiger partial charge in [-0.2, -0.15) is 10.2 Å². The average Bonchev–Trinajstić information content (AvgIpc) is 2.84. The lowest BCUT2D eigenvalue weighted by Crippen LogP contribution is -2.20. The van der Waals surface area contributed by atoms with Crippen LogP contribution >= 0.6 is 0 Å². The van der Waals surface area contributed by atoms with Crippen LogP contribution in [0.5, 0.6) is 0 Å². The summed E-state index contributed by atoms with van der Waals surface area (Å²) >= 11 is 0. The summed E-state index contributed by atoms with van der Waals surface area (Å²) in [4.78, 5) is 23.4. The van der Waals surface area contributed by atoms with E-state index < -0.39 is 5.91 Å². The predicted octanol–water partition coefficient (Wildman–Crippen LogP) is -0.187. The van der Waals surface area contributed by atoms with Crippen LogP contribution in [0, 0.1) is 6.92 Å². The number of anilines is 1. The molecule has 0 aliphatic carbocycles. The second-order valence-corrected chi connectivity index (χ2v) is 4.12. The number of nitrogens with zero attached hydrogens (tertiary/aromatic N) is 4. The first-order valence-electron chi connectivity index (χ1n) is 5.53. The van der Waals surface area contributed by atoms with E-state index in [2.05, 4.69) is 15.5 Å². The number of hydrogen-bond acceptors (Lipinski definition) is 4. The molecule has 2 aromatic heterocycles. The van der Waals surface area contributed by atoms with E-state index in [-0.39, 0.29) is 17.3 Å². The van der Waals surface area contributed by atoms with Crippen LogP contribution in [-0.4, -0.2) is 31.4 Å². The predicted molar refractivity (Wildman–Crippen MR) is 67.6 cm³/mol. The van der Waals surface area contributed by atoms with Gasteiger partial charge in [0, 0.05) is 19.8 Å². The quantitative estimate of drug-likeness (QED) is 0.799. The molecule has 2 heterocycles. The van der Waals surface area contributed by atoms with Crippen molar-refractivity contribution in [2.75, 3.05) is 5.32 Å². The van der Waals surface area contributed by atoms with E-state index in [1.54, 1.807) is 25.7 Å².